The zero-order chi connectivity index (χ0) is 19.5. The normalized spacial score (nSPS) is 16.0. The minimum absolute atomic E-state index is 0.103. The molecule has 28 heavy (non-hydrogen) atoms. The molecule has 0 atom stereocenters. The van der Waals surface area contributed by atoms with Gasteiger partial charge < -0.3 is 19.7 Å². The van der Waals surface area contributed by atoms with Crippen molar-refractivity contribution in [3.8, 4) is 11.5 Å². The fourth-order valence-electron chi connectivity index (χ4n) is 3.58. The van der Waals surface area contributed by atoms with Gasteiger partial charge in [0.1, 0.15) is 5.82 Å². The third kappa shape index (κ3) is 4.17. The number of rotatable bonds is 4. The van der Waals surface area contributed by atoms with Gasteiger partial charge in [-0.05, 0) is 48.7 Å². The van der Waals surface area contributed by atoms with E-state index in [4.69, 9.17) is 21.1 Å². The molecule has 7 heteroatoms. The predicted molar refractivity (Wildman–Crippen MR) is 107 cm³/mol. The molecule has 0 bridgehead atoms. The molecule has 0 saturated carbocycles. The second-order valence-corrected chi connectivity index (χ2v) is 7.45. The molecule has 0 aliphatic carbocycles. The van der Waals surface area contributed by atoms with E-state index in [-0.39, 0.29) is 18.1 Å². The number of hydrogen-bond acceptors (Lipinski definition) is 4. The largest absolute Gasteiger partial charge is 0.489 e. The van der Waals surface area contributed by atoms with Crippen LogP contribution in [0.25, 0.3) is 0 Å². The van der Waals surface area contributed by atoms with Crippen molar-refractivity contribution in [2.75, 3.05) is 36.5 Å². The first-order chi connectivity index (χ1) is 13.6. The second-order valence-electron chi connectivity index (χ2n) is 7.04. The maximum Gasteiger partial charge on any atom is 0.228 e. The molecule has 2 heterocycles. The molecule has 5 nitrogen and oxygen atoms in total. The summed E-state index contributed by atoms with van der Waals surface area (Å²) in [5, 5.41) is 3.17. The number of nitrogens with one attached hydrogen (secondary N) is 1. The molecular formula is C21H22ClFN2O3. The number of anilines is 2. The number of carbonyl (C=O) groups excluding carboxylic acids is 1. The highest BCUT2D eigenvalue weighted by atomic mass is 35.5. The lowest BCUT2D eigenvalue weighted by molar-refractivity contribution is -0.115. The smallest absolute Gasteiger partial charge is 0.228 e. The van der Waals surface area contributed by atoms with Crippen LogP contribution in [0.3, 0.4) is 0 Å². The molecule has 1 saturated heterocycles. The van der Waals surface area contributed by atoms with Crippen molar-refractivity contribution in [2.24, 2.45) is 0 Å². The van der Waals surface area contributed by atoms with Crippen LogP contribution in [-0.2, 0) is 11.2 Å². The third-order valence-electron chi connectivity index (χ3n) is 4.90. The Morgan fingerprint density at radius 1 is 1.11 bits per heavy atom. The molecule has 0 unspecified atom stereocenters. The Morgan fingerprint density at radius 3 is 2.68 bits per heavy atom. The van der Waals surface area contributed by atoms with E-state index in [9.17, 15) is 9.18 Å². The molecule has 1 amide bonds. The van der Waals surface area contributed by atoms with E-state index >= 15 is 0 Å². The van der Waals surface area contributed by atoms with Crippen molar-refractivity contribution in [3.63, 3.8) is 0 Å². The van der Waals surface area contributed by atoms with E-state index < -0.39 is 0 Å². The summed E-state index contributed by atoms with van der Waals surface area (Å²) < 4.78 is 25.7. The van der Waals surface area contributed by atoms with Crippen LogP contribution in [0.4, 0.5) is 15.8 Å². The Labute approximate surface area is 168 Å². The van der Waals surface area contributed by atoms with Crippen molar-refractivity contribution in [1.29, 1.82) is 0 Å². The second kappa shape index (κ2) is 8.27. The molecule has 0 radical (unpaired) electrons. The average molecular weight is 405 g/mol. The fraction of sp³-hybridized carbons (Fsp3) is 0.381. The van der Waals surface area contributed by atoms with Gasteiger partial charge in [0, 0.05) is 25.2 Å². The minimum Gasteiger partial charge on any atom is -0.489 e. The predicted octanol–water partition coefficient (Wildman–Crippen LogP) is 4.42. The summed E-state index contributed by atoms with van der Waals surface area (Å²) in [6.45, 7) is 2.83. The van der Waals surface area contributed by atoms with Gasteiger partial charge in [-0.1, -0.05) is 11.6 Å². The summed E-state index contributed by atoms with van der Waals surface area (Å²) in [6, 6.07) is 8.29. The Balaban J connectivity index is 1.44. The maximum absolute atomic E-state index is 14.4. The summed E-state index contributed by atoms with van der Waals surface area (Å²) in [7, 11) is 0. The Bertz CT molecular complexity index is 884. The maximum atomic E-state index is 14.4. The van der Waals surface area contributed by atoms with Gasteiger partial charge in [0.05, 0.1) is 30.3 Å². The lowest BCUT2D eigenvalue weighted by Crippen LogP contribution is -2.19. The van der Waals surface area contributed by atoms with E-state index in [1.165, 1.54) is 6.07 Å². The zero-order valence-corrected chi connectivity index (χ0v) is 16.2. The zero-order valence-electron chi connectivity index (χ0n) is 15.5. The molecular weight excluding hydrogens is 383 g/mol. The summed E-state index contributed by atoms with van der Waals surface area (Å²) in [5.41, 5.74) is 1.73. The number of halogens is 2. The highest BCUT2D eigenvalue weighted by molar-refractivity contribution is 6.32. The Morgan fingerprint density at radius 2 is 1.89 bits per heavy atom. The quantitative estimate of drug-likeness (QED) is 0.819. The highest BCUT2D eigenvalue weighted by Crippen LogP contribution is 2.38. The summed E-state index contributed by atoms with van der Waals surface area (Å²) in [5.74, 6) is 0.494. The van der Waals surface area contributed by atoms with Gasteiger partial charge in [-0.2, -0.15) is 0 Å². The fourth-order valence-corrected chi connectivity index (χ4v) is 3.86. The lowest BCUT2D eigenvalue weighted by Gasteiger charge is -2.19. The molecule has 0 spiro atoms. The first-order valence-corrected chi connectivity index (χ1v) is 9.90. The number of benzene rings is 2. The first kappa shape index (κ1) is 18.9. The van der Waals surface area contributed by atoms with Crippen molar-refractivity contribution < 1.29 is 18.7 Å². The van der Waals surface area contributed by atoms with Crippen molar-refractivity contribution in [2.45, 2.75) is 25.7 Å². The van der Waals surface area contributed by atoms with Gasteiger partial charge in [0.2, 0.25) is 5.91 Å². The van der Waals surface area contributed by atoms with Gasteiger partial charge in [0.15, 0.2) is 11.5 Å². The van der Waals surface area contributed by atoms with Crippen LogP contribution in [0.5, 0.6) is 11.5 Å². The van der Waals surface area contributed by atoms with E-state index in [0.29, 0.717) is 46.7 Å². The average Bonchev–Trinajstić information content (AvgIpc) is 3.07. The van der Waals surface area contributed by atoms with Crippen LogP contribution in [0.1, 0.15) is 24.8 Å². The number of ether oxygens (including phenoxy) is 2. The number of hydrogen-bond donors (Lipinski definition) is 1. The monoisotopic (exact) mass is 404 g/mol. The van der Waals surface area contributed by atoms with Gasteiger partial charge >= 0.3 is 0 Å². The van der Waals surface area contributed by atoms with Crippen molar-refractivity contribution in [3.05, 3.63) is 46.7 Å². The molecule has 2 aromatic carbocycles. The summed E-state index contributed by atoms with van der Waals surface area (Å²) >= 11 is 6.27. The minimum atomic E-state index is -0.321. The summed E-state index contributed by atoms with van der Waals surface area (Å²) in [4.78, 5) is 14.5. The molecule has 1 N–H and O–H groups in total. The van der Waals surface area contributed by atoms with Crippen LogP contribution in [0.15, 0.2) is 30.3 Å². The van der Waals surface area contributed by atoms with E-state index in [1.54, 1.807) is 24.3 Å². The molecule has 2 aromatic rings. The van der Waals surface area contributed by atoms with Gasteiger partial charge in [-0.25, -0.2) is 4.39 Å². The molecule has 4 rings (SSSR count). The van der Waals surface area contributed by atoms with E-state index in [2.05, 4.69) is 5.32 Å². The van der Waals surface area contributed by atoms with Gasteiger partial charge in [-0.3, -0.25) is 4.79 Å². The van der Waals surface area contributed by atoms with Crippen LogP contribution in [-0.4, -0.2) is 32.2 Å². The number of fused-ring (bicyclic) bond motifs is 1. The topological polar surface area (TPSA) is 50.8 Å². The van der Waals surface area contributed by atoms with E-state index in [0.717, 1.165) is 32.4 Å². The standard InChI is InChI=1S/C21H22ClFN2O3/c22-16-10-14(11-19-21(16)28-9-3-8-27-19)12-20(26)24-15-4-5-18(17(23)13-15)25-6-1-2-7-25/h4-5,10-11,13H,1-3,6-9,12H2,(H,24,26). The van der Waals surface area contributed by atoms with Crippen molar-refractivity contribution in [1.82, 2.24) is 0 Å². The Kier molecular flexibility index (Phi) is 5.57. The third-order valence-corrected chi connectivity index (χ3v) is 5.19. The van der Waals surface area contributed by atoms with Crippen LogP contribution < -0.4 is 19.7 Å². The molecule has 148 valence electrons. The lowest BCUT2D eigenvalue weighted by atomic mass is 10.1. The Hall–Kier alpha value is -2.47. The number of carbonyl (C=O) groups is 1. The number of amides is 1. The highest BCUT2D eigenvalue weighted by Gasteiger charge is 2.18. The van der Waals surface area contributed by atoms with Crippen LogP contribution in [0, 0.1) is 5.82 Å². The number of nitrogens with zero attached hydrogens (tertiary/aromatic N) is 1. The molecule has 2 aliphatic heterocycles. The first-order valence-electron chi connectivity index (χ1n) is 9.52. The molecule has 2 aliphatic rings. The van der Waals surface area contributed by atoms with Crippen LogP contribution in [0.2, 0.25) is 5.02 Å². The molecule has 0 aromatic heterocycles. The van der Waals surface area contributed by atoms with E-state index in [1.807, 2.05) is 4.90 Å². The van der Waals surface area contributed by atoms with Crippen LogP contribution >= 0.6 is 11.6 Å². The van der Waals surface area contributed by atoms with Crippen molar-refractivity contribution >= 4 is 28.9 Å². The van der Waals surface area contributed by atoms with Gasteiger partial charge in [0.25, 0.3) is 0 Å². The SMILES string of the molecule is O=C(Cc1cc(Cl)c2c(c1)OCCCO2)Nc1ccc(N2CCCC2)c(F)c1. The summed E-state index contributed by atoms with van der Waals surface area (Å²) in [6.07, 6.45) is 3.04. The van der Waals surface area contributed by atoms with Gasteiger partial charge in [-0.15, -0.1) is 0 Å². The molecule has 1 fully saturated rings.